The van der Waals surface area contributed by atoms with Crippen LogP contribution >= 0.6 is 11.3 Å². The van der Waals surface area contributed by atoms with Crippen molar-refractivity contribution in [1.29, 1.82) is 0 Å². The third-order valence-corrected chi connectivity index (χ3v) is 4.43. The van der Waals surface area contributed by atoms with Crippen LogP contribution in [0.15, 0.2) is 0 Å². The molecule has 1 aromatic rings. The standard InChI is InChI=1S/C12H15N3O2S/c16-9-5-1-3-7-10(9)18-12(14-7)15-11(17)8-4-2-6-13-8/h8,13H,1-6H2,(H,14,15,17). The Morgan fingerprint density at radius 2 is 2.28 bits per heavy atom. The number of hydrogen-bond acceptors (Lipinski definition) is 5. The highest BCUT2D eigenvalue weighted by molar-refractivity contribution is 7.17. The van der Waals surface area contributed by atoms with Crippen LogP contribution in [0, 0.1) is 0 Å². The zero-order valence-electron chi connectivity index (χ0n) is 9.99. The quantitative estimate of drug-likeness (QED) is 0.847. The number of aryl methyl sites for hydroxylation is 1. The molecule has 0 bridgehead atoms. The number of carbonyl (C=O) groups is 2. The fourth-order valence-electron chi connectivity index (χ4n) is 2.42. The fourth-order valence-corrected chi connectivity index (χ4v) is 3.41. The van der Waals surface area contributed by atoms with Crippen LogP contribution in [0.25, 0.3) is 0 Å². The van der Waals surface area contributed by atoms with E-state index in [9.17, 15) is 9.59 Å². The van der Waals surface area contributed by atoms with Crippen LogP contribution in [-0.4, -0.2) is 29.3 Å². The second kappa shape index (κ2) is 4.78. The zero-order valence-corrected chi connectivity index (χ0v) is 10.8. The molecule has 0 saturated carbocycles. The Morgan fingerprint density at radius 3 is 3.00 bits per heavy atom. The van der Waals surface area contributed by atoms with Gasteiger partial charge in [0.25, 0.3) is 0 Å². The van der Waals surface area contributed by atoms with E-state index < -0.39 is 0 Å². The van der Waals surface area contributed by atoms with E-state index >= 15 is 0 Å². The van der Waals surface area contributed by atoms with E-state index in [0.29, 0.717) is 11.6 Å². The lowest BCUT2D eigenvalue weighted by atomic mass is 10.0. The molecule has 2 N–H and O–H groups in total. The zero-order chi connectivity index (χ0) is 12.5. The molecule has 18 heavy (non-hydrogen) atoms. The van der Waals surface area contributed by atoms with Crippen LogP contribution in [0.4, 0.5) is 5.13 Å². The first kappa shape index (κ1) is 11.8. The molecule has 2 heterocycles. The molecule has 1 aliphatic carbocycles. The number of fused-ring (bicyclic) bond motifs is 1. The smallest absolute Gasteiger partial charge is 0.243 e. The normalized spacial score (nSPS) is 22.9. The Bertz CT molecular complexity index is 492. The van der Waals surface area contributed by atoms with Crippen molar-refractivity contribution in [3.05, 3.63) is 10.6 Å². The van der Waals surface area contributed by atoms with Gasteiger partial charge in [0.15, 0.2) is 10.9 Å². The fraction of sp³-hybridized carbons (Fsp3) is 0.583. The molecule has 1 aromatic heterocycles. The Kier molecular flexibility index (Phi) is 3.13. The molecule has 1 saturated heterocycles. The summed E-state index contributed by atoms with van der Waals surface area (Å²) in [5.41, 5.74) is 0.853. The lowest BCUT2D eigenvalue weighted by Crippen LogP contribution is -2.35. The van der Waals surface area contributed by atoms with E-state index in [-0.39, 0.29) is 17.7 Å². The molecule has 96 valence electrons. The number of nitrogens with zero attached hydrogens (tertiary/aromatic N) is 1. The predicted molar refractivity (Wildman–Crippen MR) is 69.0 cm³/mol. The molecule has 1 unspecified atom stereocenters. The van der Waals surface area contributed by atoms with Gasteiger partial charge in [-0.2, -0.15) is 0 Å². The van der Waals surface area contributed by atoms with Crippen molar-refractivity contribution >= 4 is 28.2 Å². The van der Waals surface area contributed by atoms with E-state index in [1.165, 1.54) is 11.3 Å². The van der Waals surface area contributed by atoms with Gasteiger partial charge in [-0.25, -0.2) is 4.98 Å². The van der Waals surface area contributed by atoms with Gasteiger partial charge in [-0.1, -0.05) is 11.3 Å². The maximum Gasteiger partial charge on any atom is 0.243 e. The Balaban J connectivity index is 1.73. The van der Waals surface area contributed by atoms with Crippen molar-refractivity contribution in [2.75, 3.05) is 11.9 Å². The van der Waals surface area contributed by atoms with Crippen LogP contribution in [0.1, 0.15) is 41.0 Å². The number of amides is 1. The van der Waals surface area contributed by atoms with Gasteiger partial charge in [-0.05, 0) is 32.2 Å². The summed E-state index contributed by atoms with van der Waals surface area (Å²) in [6.45, 7) is 0.894. The Hall–Kier alpha value is -1.27. The molecule has 1 aliphatic heterocycles. The first-order valence-corrected chi connectivity index (χ1v) is 7.13. The van der Waals surface area contributed by atoms with Crippen LogP contribution in [0.3, 0.4) is 0 Å². The summed E-state index contributed by atoms with van der Waals surface area (Å²) >= 11 is 1.31. The number of Topliss-reactive ketones (excluding diaryl/α,β-unsaturated/α-hetero) is 1. The third-order valence-electron chi connectivity index (χ3n) is 3.37. The largest absolute Gasteiger partial charge is 0.306 e. The summed E-state index contributed by atoms with van der Waals surface area (Å²) in [6.07, 6.45) is 4.22. The van der Waals surface area contributed by atoms with Gasteiger partial charge < -0.3 is 10.6 Å². The van der Waals surface area contributed by atoms with Crippen LogP contribution < -0.4 is 10.6 Å². The summed E-state index contributed by atoms with van der Waals surface area (Å²) in [5.74, 6) is 0.124. The van der Waals surface area contributed by atoms with Gasteiger partial charge in [-0.3, -0.25) is 9.59 Å². The monoisotopic (exact) mass is 265 g/mol. The highest BCUT2D eigenvalue weighted by atomic mass is 32.1. The maximum absolute atomic E-state index is 11.9. The first-order chi connectivity index (χ1) is 8.74. The van der Waals surface area contributed by atoms with E-state index in [2.05, 4.69) is 15.6 Å². The minimum absolute atomic E-state index is 0.0361. The second-order valence-electron chi connectivity index (χ2n) is 4.71. The summed E-state index contributed by atoms with van der Waals surface area (Å²) in [7, 11) is 0. The molecular weight excluding hydrogens is 250 g/mol. The number of anilines is 1. The van der Waals surface area contributed by atoms with Crippen molar-refractivity contribution in [2.24, 2.45) is 0 Å². The van der Waals surface area contributed by atoms with E-state index in [4.69, 9.17) is 0 Å². The summed E-state index contributed by atoms with van der Waals surface area (Å²) in [5, 5.41) is 6.52. The van der Waals surface area contributed by atoms with E-state index in [1.807, 2.05) is 0 Å². The molecule has 5 nitrogen and oxygen atoms in total. The van der Waals surface area contributed by atoms with Crippen molar-refractivity contribution in [3.63, 3.8) is 0 Å². The molecular formula is C12H15N3O2S. The lowest BCUT2D eigenvalue weighted by Gasteiger charge is -2.08. The highest BCUT2D eigenvalue weighted by Crippen LogP contribution is 2.29. The number of hydrogen-bond donors (Lipinski definition) is 2. The number of carbonyl (C=O) groups excluding carboxylic acids is 2. The third kappa shape index (κ3) is 2.18. The van der Waals surface area contributed by atoms with Crippen LogP contribution in [0.5, 0.6) is 0 Å². The second-order valence-corrected chi connectivity index (χ2v) is 5.71. The van der Waals surface area contributed by atoms with Gasteiger partial charge in [-0.15, -0.1) is 0 Å². The van der Waals surface area contributed by atoms with Crippen LogP contribution in [0.2, 0.25) is 0 Å². The SMILES string of the molecule is O=C1CCCc2nc(NC(=O)C3CCCN3)sc21. The molecule has 6 heteroatoms. The molecule has 0 radical (unpaired) electrons. The molecule has 0 spiro atoms. The van der Waals surface area contributed by atoms with Crippen molar-refractivity contribution < 1.29 is 9.59 Å². The topological polar surface area (TPSA) is 71.1 Å². The number of nitrogens with one attached hydrogen (secondary N) is 2. The summed E-state index contributed by atoms with van der Waals surface area (Å²) in [6, 6.07) is -0.110. The molecule has 1 atom stereocenters. The van der Waals surface area contributed by atoms with Gasteiger partial charge >= 0.3 is 0 Å². The van der Waals surface area contributed by atoms with E-state index in [0.717, 1.165) is 42.8 Å². The number of aromatic nitrogens is 1. The van der Waals surface area contributed by atoms with Gasteiger partial charge in [0.05, 0.1) is 16.6 Å². The minimum Gasteiger partial charge on any atom is -0.306 e. The Morgan fingerprint density at radius 1 is 1.39 bits per heavy atom. The summed E-state index contributed by atoms with van der Waals surface area (Å²) < 4.78 is 0. The van der Waals surface area contributed by atoms with Gasteiger partial charge in [0, 0.05) is 6.42 Å². The molecule has 0 aromatic carbocycles. The van der Waals surface area contributed by atoms with Crippen LogP contribution in [-0.2, 0) is 11.2 Å². The van der Waals surface area contributed by atoms with Crippen molar-refractivity contribution in [1.82, 2.24) is 10.3 Å². The average molecular weight is 265 g/mol. The number of ketones is 1. The lowest BCUT2D eigenvalue weighted by molar-refractivity contribution is -0.117. The average Bonchev–Trinajstić information content (AvgIpc) is 2.97. The number of rotatable bonds is 2. The van der Waals surface area contributed by atoms with Gasteiger partial charge in [0.2, 0.25) is 5.91 Å². The predicted octanol–water partition coefficient (Wildman–Crippen LogP) is 1.35. The molecule has 1 amide bonds. The maximum atomic E-state index is 11.9. The van der Waals surface area contributed by atoms with Gasteiger partial charge in [0.1, 0.15) is 0 Å². The first-order valence-electron chi connectivity index (χ1n) is 6.31. The summed E-state index contributed by atoms with van der Waals surface area (Å²) in [4.78, 5) is 28.7. The Labute approximate surface area is 109 Å². The number of thiazole rings is 1. The highest BCUT2D eigenvalue weighted by Gasteiger charge is 2.25. The van der Waals surface area contributed by atoms with Crippen molar-refractivity contribution in [3.8, 4) is 0 Å². The molecule has 1 fully saturated rings. The van der Waals surface area contributed by atoms with E-state index in [1.54, 1.807) is 0 Å². The minimum atomic E-state index is -0.110. The molecule has 3 rings (SSSR count). The van der Waals surface area contributed by atoms with Crippen molar-refractivity contribution in [2.45, 2.75) is 38.1 Å². The molecule has 2 aliphatic rings.